The van der Waals surface area contributed by atoms with E-state index >= 15 is 0 Å². The Morgan fingerprint density at radius 2 is 2.67 bits per heavy atom. The van der Waals surface area contributed by atoms with E-state index in [4.69, 9.17) is 16.4 Å². The normalized spacial score (nSPS) is 30.8. The minimum absolute atomic E-state index is 0.137. The molecule has 0 aliphatic rings. The summed E-state index contributed by atoms with van der Waals surface area (Å²) in [5.41, 5.74) is -0.912. The lowest BCUT2D eigenvalue weighted by Crippen LogP contribution is -1.95. The molecule has 0 aliphatic heterocycles. The third kappa shape index (κ3) is 2.59. The summed E-state index contributed by atoms with van der Waals surface area (Å²) in [5.74, 6) is -3.48. The number of rotatable bonds is 2. The quantitative estimate of drug-likeness (QED) is 0.772. The van der Waals surface area contributed by atoms with Gasteiger partial charge in [-0.3, -0.25) is 4.98 Å². The number of aromatic nitrogens is 1. The van der Waals surface area contributed by atoms with Gasteiger partial charge in [0, 0.05) is 27.1 Å². The smallest absolute Gasteiger partial charge is 0.0514 e. The summed E-state index contributed by atoms with van der Waals surface area (Å²) >= 11 is 2.91. The molecular formula is C10H14BrN. The summed E-state index contributed by atoms with van der Waals surface area (Å²) in [6.45, 7) is -9.55. The topological polar surface area (TPSA) is 12.9 Å². The zero-order valence-corrected chi connectivity index (χ0v) is 7.57. The van der Waals surface area contributed by atoms with E-state index < -0.39 is 38.4 Å². The van der Waals surface area contributed by atoms with Gasteiger partial charge >= 0.3 is 0 Å². The molecule has 0 saturated carbocycles. The summed E-state index contributed by atoms with van der Waals surface area (Å²) in [6.07, 6.45) is -2.42. The Morgan fingerprint density at radius 1 is 1.83 bits per heavy atom. The maximum Gasteiger partial charge on any atom is 0.0514 e. The van der Waals surface area contributed by atoms with Crippen LogP contribution in [0.1, 0.15) is 41.4 Å². The van der Waals surface area contributed by atoms with E-state index in [9.17, 15) is 0 Å². The number of hydrogen-bond acceptors (Lipinski definition) is 1. The predicted molar refractivity (Wildman–Crippen MR) is 55.2 cm³/mol. The summed E-state index contributed by atoms with van der Waals surface area (Å²) in [7, 11) is 0. The fourth-order valence-electron chi connectivity index (χ4n) is 0.651. The molecule has 1 aromatic rings. The van der Waals surface area contributed by atoms with Crippen LogP contribution < -0.4 is 0 Å². The molecule has 0 aliphatic carbocycles. The zero-order chi connectivity index (χ0) is 19.4. The molecule has 0 atom stereocenters. The second-order valence-electron chi connectivity index (χ2n) is 2.05. The van der Waals surface area contributed by atoms with Gasteiger partial charge in [0.15, 0.2) is 0 Å². The molecule has 1 aromatic heterocycles. The molecule has 0 unspecified atom stereocenters. The first-order valence-corrected chi connectivity index (χ1v) is 3.83. The first-order chi connectivity index (χ1) is 10.4. The van der Waals surface area contributed by atoms with Gasteiger partial charge in [-0.1, -0.05) is 13.7 Å². The van der Waals surface area contributed by atoms with Crippen LogP contribution in [-0.4, -0.2) is 4.98 Å². The van der Waals surface area contributed by atoms with Crippen molar-refractivity contribution in [2.45, 2.75) is 26.9 Å². The maximum atomic E-state index is 8.01. The van der Waals surface area contributed by atoms with Crippen LogP contribution in [0.3, 0.4) is 0 Å². The highest BCUT2D eigenvalue weighted by Crippen LogP contribution is 2.16. The summed E-state index contributed by atoms with van der Waals surface area (Å²) in [6, 6.07) is 0.940. The van der Waals surface area contributed by atoms with Crippen molar-refractivity contribution in [3.63, 3.8) is 0 Å². The molecule has 0 spiro atoms. The van der Waals surface area contributed by atoms with Gasteiger partial charge in [0.2, 0.25) is 0 Å². The van der Waals surface area contributed by atoms with Crippen molar-refractivity contribution >= 4 is 15.9 Å². The van der Waals surface area contributed by atoms with Crippen molar-refractivity contribution in [2.24, 2.45) is 5.89 Å². The van der Waals surface area contributed by atoms with E-state index in [0.29, 0.717) is 0 Å². The maximum absolute atomic E-state index is 8.01. The van der Waals surface area contributed by atoms with Gasteiger partial charge in [-0.25, -0.2) is 0 Å². The van der Waals surface area contributed by atoms with Crippen LogP contribution in [0, 0.1) is 12.7 Å². The molecule has 0 fully saturated rings. The average molecular weight is 240 g/mol. The second-order valence-corrected chi connectivity index (χ2v) is 2.91. The van der Waals surface area contributed by atoms with Gasteiger partial charge in [0.05, 0.1) is 5.69 Å². The molecule has 2 heteroatoms. The Labute approximate surface area is 99.2 Å². The Bertz CT molecular complexity index is 600. The van der Waals surface area contributed by atoms with E-state index in [2.05, 4.69) is 20.9 Å². The molecular weight excluding hydrogens is 214 g/mol. The molecule has 1 nitrogen and oxygen atoms in total. The molecule has 0 N–H and O–H groups in total. The van der Waals surface area contributed by atoms with Crippen LogP contribution in [0.15, 0.2) is 16.7 Å². The van der Waals surface area contributed by atoms with Gasteiger partial charge in [0.25, 0.3) is 0 Å². The number of hydrogen-bond donors (Lipinski definition) is 0. The second kappa shape index (κ2) is 4.04. The Morgan fingerprint density at radius 3 is 3.25 bits per heavy atom. The highest BCUT2D eigenvalue weighted by molar-refractivity contribution is 9.10. The van der Waals surface area contributed by atoms with E-state index in [-0.39, 0.29) is 10.2 Å². The molecule has 0 bridgehead atoms. The number of pyridine rings is 1. The van der Waals surface area contributed by atoms with E-state index in [1.54, 1.807) is 0 Å². The van der Waals surface area contributed by atoms with Crippen LogP contribution in [0.5, 0.6) is 0 Å². The summed E-state index contributed by atoms with van der Waals surface area (Å²) < 4.78 is 89.9. The Kier molecular flexibility index (Phi) is 0.791. The summed E-state index contributed by atoms with van der Waals surface area (Å²) in [4.78, 5) is 3.59. The molecule has 1 heterocycles. The molecule has 1 rings (SSSR count). The Hall–Kier alpha value is -0.370. The minimum Gasteiger partial charge on any atom is -0.260 e. The van der Waals surface area contributed by atoms with Crippen molar-refractivity contribution in [1.82, 2.24) is 4.98 Å². The molecule has 0 radical (unpaired) electrons. The average Bonchev–Trinajstić information content (AvgIpc) is 2.33. The first-order valence-electron chi connectivity index (χ1n) is 9.04. The number of halogens is 1. The third-order valence-electron chi connectivity index (χ3n) is 1.11. The van der Waals surface area contributed by atoms with Crippen molar-refractivity contribution < 1.29 is 16.4 Å². The number of nitrogens with zero attached hydrogens (tertiary/aromatic N) is 1. The molecule has 0 aromatic carbocycles. The van der Waals surface area contributed by atoms with Crippen molar-refractivity contribution in [3.05, 3.63) is 28.0 Å². The predicted octanol–water partition coefficient (Wildman–Crippen LogP) is 3.35. The summed E-state index contributed by atoms with van der Waals surface area (Å²) in [5, 5.41) is 0. The minimum atomic E-state index is -3.48. The lowest BCUT2D eigenvalue weighted by atomic mass is 10.0. The van der Waals surface area contributed by atoms with Gasteiger partial charge in [0.1, 0.15) is 0 Å². The molecule has 66 valence electrons. The first kappa shape index (κ1) is 2.35. The molecule has 0 saturated heterocycles. The van der Waals surface area contributed by atoms with Crippen molar-refractivity contribution in [3.8, 4) is 0 Å². The fraction of sp³-hybridized carbons (Fsp3) is 0.500. The zero-order valence-electron chi connectivity index (χ0n) is 18.0. The lowest BCUT2D eigenvalue weighted by Gasteiger charge is -2.05. The van der Waals surface area contributed by atoms with Crippen molar-refractivity contribution in [1.29, 1.82) is 0 Å². The number of aryl methyl sites for hydroxylation is 1. The largest absolute Gasteiger partial charge is 0.260 e. The van der Waals surface area contributed by atoms with Crippen LogP contribution in [0.4, 0.5) is 0 Å². The van der Waals surface area contributed by atoms with Crippen LogP contribution in [-0.2, 0) is 6.37 Å². The fourth-order valence-corrected chi connectivity index (χ4v) is 1.000. The third-order valence-corrected chi connectivity index (χ3v) is 1.72. The lowest BCUT2D eigenvalue weighted by molar-refractivity contribution is 0.645. The van der Waals surface area contributed by atoms with E-state index in [1.165, 1.54) is 0 Å². The van der Waals surface area contributed by atoms with E-state index in [1.807, 2.05) is 0 Å². The van der Waals surface area contributed by atoms with Crippen LogP contribution in [0.25, 0.3) is 0 Å². The standard InChI is InChI=1S/C10H14BrN/c1-7(2)4-9-5-10(11)8(3)12-6-9/h5-7H,4H2,1-3H3/i1D3,2D3,3D3,4D2,7D. The van der Waals surface area contributed by atoms with Crippen LogP contribution in [0.2, 0.25) is 0 Å². The monoisotopic (exact) mass is 239 g/mol. The van der Waals surface area contributed by atoms with Gasteiger partial charge in [-0.05, 0) is 46.7 Å². The van der Waals surface area contributed by atoms with Gasteiger partial charge in [-0.15, -0.1) is 0 Å². The molecule has 0 amide bonds. The van der Waals surface area contributed by atoms with Gasteiger partial charge < -0.3 is 0 Å². The highest BCUT2D eigenvalue weighted by Gasteiger charge is 2.00. The highest BCUT2D eigenvalue weighted by atomic mass is 79.9. The van der Waals surface area contributed by atoms with E-state index in [0.717, 1.165) is 12.3 Å². The molecule has 12 heavy (non-hydrogen) atoms. The SMILES string of the molecule is [2H]C([2H])([2H])c1ncc(C([2H])([2H])C([2H])(C([2H])([2H])[2H])C([2H])([2H])[2H])cc1Br. The Balaban J connectivity index is 3.61. The van der Waals surface area contributed by atoms with Crippen LogP contribution >= 0.6 is 15.9 Å². The van der Waals surface area contributed by atoms with Gasteiger partial charge in [-0.2, -0.15) is 0 Å². The van der Waals surface area contributed by atoms with Crippen molar-refractivity contribution in [2.75, 3.05) is 0 Å².